The summed E-state index contributed by atoms with van der Waals surface area (Å²) >= 11 is 0. The molecule has 0 aromatic carbocycles. The topological polar surface area (TPSA) is 80.9 Å². The van der Waals surface area contributed by atoms with Crippen molar-refractivity contribution < 1.29 is 4.39 Å². The molecule has 0 unspecified atom stereocenters. The van der Waals surface area contributed by atoms with Gasteiger partial charge in [-0.3, -0.25) is 8.97 Å². The van der Waals surface area contributed by atoms with Crippen LogP contribution in [-0.4, -0.2) is 28.9 Å². The van der Waals surface area contributed by atoms with Gasteiger partial charge in [-0.2, -0.15) is 0 Å². The first-order valence-corrected chi connectivity index (χ1v) is 9.27. The number of hydrogen-bond acceptors (Lipinski definition) is 4. The molecule has 1 saturated carbocycles. The predicted molar refractivity (Wildman–Crippen MR) is 98.9 cm³/mol. The highest BCUT2D eigenvalue weighted by molar-refractivity contribution is 5.72. The van der Waals surface area contributed by atoms with E-state index in [1.165, 1.54) is 31.5 Å². The van der Waals surface area contributed by atoms with E-state index < -0.39 is 0 Å². The van der Waals surface area contributed by atoms with Gasteiger partial charge in [0.25, 0.3) is 0 Å². The number of fused-ring (bicyclic) bond motifs is 2. The first-order chi connectivity index (χ1) is 13.2. The van der Waals surface area contributed by atoms with Crippen LogP contribution < -0.4 is 5.69 Å². The molecule has 4 aromatic rings. The fraction of sp³-hybridized carbons (Fsp3) is 0.368. The number of H-pyrrole nitrogens is 1. The Morgan fingerprint density at radius 3 is 2.85 bits per heavy atom. The number of nitrogens with zero attached hydrogens (tertiary/aromatic N) is 5. The Labute approximate surface area is 153 Å². The first kappa shape index (κ1) is 16.2. The minimum absolute atomic E-state index is 0.161. The van der Waals surface area contributed by atoms with E-state index in [0.717, 1.165) is 12.8 Å². The van der Waals surface area contributed by atoms with Crippen LogP contribution in [0.4, 0.5) is 4.39 Å². The van der Waals surface area contributed by atoms with Crippen LogP contribution in [0.2, 0.25) is 0 Å². The normalized spacial score (nSPS) is 15.7. The molecule has 0 aliphatic heterocycles. The van der Waals surface area contributed by atoms with Crippen LogP contribution in [-0.2, 0) is 6.54 Å². The highest BCUT2D eigenvalue weighted by Crippen LogP contribution is 2.26. The predicted octanol–water partition coefficient (Wildman–Crippen LogP) is 3.15. The van der Waals surface area contributed by atoms with Crippen molar-refractivity contribution in [1.82, 2.24) is 28.9 Å². The minimum Gasteiger partial charge on any atom is -0.303 e. The van der Waals surface area contributed by atoms with Gasteiger partial charge in [-0.05, 0) is 30.9 Å². The van der Waals surface area contributed by atoms with E-state index in [1.807, 2.05) is 0 Å². The number of halogens is 1. The summed E-state index contributed by atoms with van der Waals surface area (Å²) in [6, 6.07) is 2.97. The summed E-state index contributed by atoms with van der Waals surface area (Å²) in [6.45, 7) is 0.664. The van der Waals surface area contributed by atoms with Gasteiger partial charge in [0, 0.05) is 12.7 Å². The number of aromatic nitrogens is 6. The number of nitrogens with one attached hydrogen (secondary N) is 1. The maximum absolute atomic E-state index is 13.7. The van der Waals surface area contributed by atoms with E-state index >= 15 is 0 Å². The van der Waals surface area contributed by atoms with Gasteiger partial charge in [0.15, 0.2) is 11.5 Å². The summed E-state index contributed by atoms with van der Waals surface area (Å²) in [5.74, 6) is 0.550. The summed E-state index contributed by atoms with van der Waals surface area (Å²) < 4.78 is 17.0. The van der Waals surface area contributed by atoms with E-state index in [9.17, 15) is 9.18 Å². The van der Waals surface area contributed by atoms with Crippen LogP contribution in [0, 0.1) is 11.7 Å². The van der Waals surface area contributed by atoms with Crippen LogP contribution in [0.3, 0.4) is 0 Å². The quantitative estimate of drug-likeness (QED) is 0.604. The molecule has 138 valence electrons. The average Bonchev–Trinajstić information content (AvgIpc) is 3.23. The maximum atomic E-state index is 13.7. The third-order valence-electron chi connectivity index (χ3n) is 5.38. The van der Waals surface area contributed by atoms with E-state index in [0.29, 0.717) is 40.8 Å². The molecule has 4 aromatic heterocycles. The second-order valence-electron chi connectivity index (χ2n) is 7.19. The van der Waals surface area contributed by atoms with Crippen LogP contribution in [0.25, 0.3) is 28.3 Å². The highest BCUT2D eigenvalue weighted by atomic mass is 19.1. The van der Waals surface area contributed by atoms with Gasteiger partial charge in [0.2, 0.25) is 0 Å². The molecule has 8 heteroatoms. The molecule has 0 saturated heterocycles. The van der Waals surface area contributed by atoms with Gasteiger partial charge in [-0.25, -0.2) is 24.1 Å². The summed E-state index contributed by atoms with van der Waals surface area (Å²) in [7, 11) is 0. The van der Waals surface area contributed by atoms with Crippen molar-refractivity contribution in [3.63, 3.8) is 0 Å². The first-order valence-electron chi connectivity index (χ1n) is 9.27. The highest BCUT2D eigenvalue weighted by Gasteiger charge is 2.19. The molecule has 0 spiro atoms. The Morgan fingerprint density at radius 1 is 1.15 bits per heavy atom. The Hall–Kier alpha value is -3.03. The minimum atomic E-state index is -0.362. The molecule has 0 amide bonds. The second-order valence-corrected chi connectivity index (χ2v) is 7.19. The van der Waals surface area contributed by atoms with Gasteiger partial charge in [0.05, 0.1) is 12.4 Å². The van der Waals surface area contributed by atoms with Crippen LogP contribution >= 0.6 is 0 Å². The molecule has 27 heavy (non-hydrogen) atoms. The largest absolute Gasteiger partial charge is 0.327 e. The van der Waals surface area contributed by atoms with Gasteiger partial charge in [-0.15, -0.1) is 0 Å². The summed E-state index contributed by atoms with van der Waals surface area (Å²) in [4.78, 5) is 28.5. The van der Waals surface area contributed by atoms with Gasteiger partial charge in [-0.1, -0.05) is 19.3 Å². The standard InChI is InChI=1S/C19H19FN6O/c20-13-6-7-16-21-9-15(25(16)11-13)17-22-8-14-18(24-17)26(19(27)23-14)10-12-4-2-1-3-5-12/h6-9,11-12H,1-5,10H2,(H,23,27). The zero-order valence-corrected chi connectivity index (χ0v) is 14.7. The Morgan fingerprint density at radius 2 is 2.00 bits per heavy atom. The molecule has 1 N–H and O–H groups in total. The van der Waals surface area contributed by atoms with Gasteiger partial charge in [0.1, 0.15) is 22.7 Å². The van der Waals surface area contributed by atoms with Gasteiger partial charge >= 0.3 is 5.69 Å². The van der Waals surface area contributed by atoms with Crippen LogP contribution in [0.1, 0.15) is 32.1 Å². The molecule has 4 heterocycles. The van der Waals surface area contributed by atoms with Crippen molar-refractivity contribution in [3.05, 3.63) is 47.0 Å². The van der Waals surface area contributed by atoms with Crippen LogP contribution in [0.15, 0.2) is 35.5 Å². The molecule has 0 bridgehead atoms. The van der Waals surface area contributed by atoms with Crippen molar-refractivity contribution >= 4 is 16.8 Å². The maximum Gasteiger partial charge on any atom is 0.327 e. The average molecular weight is 366 g/mol. The molecular weight excluding hydrogens is 347 g/mol. The molecule has 1 aliphatic rings. The number of aromatic amines is 1. The van der Waals surface area contributed by atoms with E-state index in [1.54, 1.807) is 27.4 Å². The lowest BCUT2D eigenvalue weighted by Crippen LogP contribution is -2.23. The summed E-state index contributed by atoms with van der Waals surface area (Å²) in [6.07, 6.45) is 10.6. The fourth-order valence-electron chi connectivity index (χ4n) is 3.99. The lowest BCUT2D eigenvalue weighted by molar-refractivity contribution is 0.319. The van der Waals surface area contributed by atoms with E-state index in [-0.39, 0.29) is 11.5 Å². The third kappa shape index (κ3) is 2.81. The zero-order valence-electron chi connectivity index (χ0n) is 14.7. The Kier molecular flexibility index (Phi) is 3.77. The second kappa shape index (κ2) is 6.29. The number of hydrogen-bond donors (Lipinski definition) is 1. The van der Waals surface area contributed by atoms with Crippen LogP contribution in [0.5, 0.6) is 0 Å². The summed E-state index contributed by atoms with van der Waals surface area (Å²) in [5.41, 5.74) is 2.24. The molecule has 1 fully saturated rings. The lowest BCUT2D eigenvalue weighted by atomic mass is 9.89. The molecule has 5 rings (SSSR count). The molecule has 1 aliphatic carbocycles. The smallest absolute Gasteiger partial charge is 0.303 e. The zero-order chi connectivity index (χ0) is 18.4. The Bertz CT molecular complexity index is 1180. The van der Waals surface area contributed by atoms with Crippen molar-refractivity contribution in [2.45, 2.75) is 38.6 Å². The lowest BCUT2D eigenvalue weighted by Gasteiger charge is -2.21. The van der Waals surface area contributed by atoms with Crippen molar-refractivity contribution in [2.24, 2.45) is 5.92 Å². The van der Waals surface area contributed by atoms with E-state index in [2.05, 4.69) is 19.9 Å². The molecule has 0 radical (unpaired) electrons. The molecule has 0 atom stereocenters. The van der Waals surface area contributed by atoms with Crippen molar-refractivity contribution in [2.75, 3.05) is 0 Å². The monoisotopic (exact) mass is 366 g/mol. The van der Waals surface area contributed by atoms with Gasteiger partial charge < -0.3 is 4.98 Å². The van der Waals surface area contributed by atoms with E-state index in [4.69, 9.17) is 0 Å². The number of pyridine rings is 1. The SMILES string of the molecule is O=c1[nH]c2cnc(-c3cnc4ccc(F)cn34)nc2n1CC1CCCCC1. The fourth-order valence-corrected chi connectivity index (χ4v) is 3.99. The number of imidazole rings is 2. The molecular formula is C19H19FN6O. The number of rotatable bonds is 3. The summed E-state index contributed by atoms with van der Waals surface area (Å²) in [5, 5.41) is 0. The Balaban J connectivity index is 1.60. The van der Waals surface area contributed by atoms with Crippen molar-refractivity contribution in [3.8, 4) is 11.5 Å². The van der Waals surface area contributed by atoms with Crippen molar-refractivity contribution in [1.29, 1.82) is 0 Å². The molecule has 7 nitrogen and oxygen atoms in total. The third-order valence-corrected chi connectivity index (χ3v) is 5.38.